The van der Waals surface area contributed by atoms with Crippen LogP contribution < -0.4 is 5.32 Å². The van der Waals surface area contributed by atoms with Crippen LogP contribution in [0.3, 0.4) is 0 Å². The summed E-state index contributed by atoms with van der Waals surface area (Å²) in [7, 11) is 0. The summed E-state index contributed by atoms with van der Waals surface area (Å²) < 4.78 is 67.5. The van der Waals surface area contributed by atoms with Gasteiger partial charge in [0.15, 0.2) is 0 Å². The maximum Gasteiger partial charge on any atom is 0.333 e. The Hall–Kier alpha value is -2.90. The summed E-state index contributed by atoms with van der Waals surface area (Å²) in [6.45, 7) is -1.48. The van der Waals surface area contributed by atoms with E-state index in [-0.39, 0.29) is 28.9 Å². The van der Waals surface area contributed by atoms with E-state index in [0.717, 1.165) is 24.4 Å². The Morgan fingerprint density at radius 3 is 2.27 bits per heavy atom. The number of benzene rings is 2. The molecule has 0 aliphatic carbocycles. The molecule has 1 N–H and O–H groups in total. The highest BCUT2D eigenvalue weighted by atomic mass is 19.3. The van der Waals surface area contributed by atoms with Crippen molar-refractivity contribution in [3.63, 3.8) is 0 Å². The van der Waals surface area contributed by atoms with E-state index in [1.807, 2.05) is 0 Å². The van der Waals surface area contributed by atoms with Crippen LogP contribution in [0.1, 0.15) is 17.8 Å². The largest absolute Gasteiger partial charge is 0.381 e. The highest BCUT2D eigenvalue weighted by Crippen LogP contribution is 2.29. The number of nitrogens with one attached hydrogen (secondary N) is 1. The lowest BCUT2D eigenvalue weighted by molar-refractivity contribution is 0.0563. The standard InChI is InChI=1S/C18H14F5N3/c1-10-14(9-26(25-10)18(22)23)12-6-5-11(7-17(12)21)24-8-13-15(19)3-2-4-16(13)20/h2-7,9,18,24H,8H2,1H3. The first-order valence-corrected chi connectivity index (χ1v) is 7.67. The Balaban J connectivity index is 1.82. The molecule has 0 atom stereocenters. The van der Waals surface area contributed by atoms with E-state index >= 15 is 0 Å². The number of nitrogens with zero attached hydrogens (tertiary/aromatic N) is 2. The molecule has 8 heteroatoms. The summed E-state index contributed by atoms with van der Waals surface area (Å²) in [5.41, 5.74) is 0.753. The molecule has 0 saturated carbocycles. The number of hydrogen-bond donors (Lipinski definition) is 1. The maximum absolute atomic E-state index is 14.4. The van der Waals surface area contributed by atoms with Crippen LogP contribution in [0.25, 0.3) is 11.1 Å². The van der Waals surface area contributed by atoms with Gasteiger partial charge in [0, 0.05) is 35.1 Å². The number of anilines is 1. The van der Waals surface area contributed by atoms with Crippen LogP contribution in [-0.2, 0) is 6.54 Å². The molecule has 1 heterocycles. The molecule has 136 valence electrons. The summed E-state index contributed by atoms with van der Waals surface area (Å²) in [4.78, 5) is 0. The molecule has 0 radical (unpaired) electrons. The predicted molar refractivity (Wildman–Crippen MR) is 87.3 cm³/mol. The zero-order chi connectivity index (χ0) is 18.8. The lowest BCUT2D eigenvalue weighted by Gasteiger charge is -2.10. The highest BCUT2D eigenvalue weighted by Gasteiger charge is 2.16. The smallest absolute Gasteiger partial charge is 0.333 e. The minimum Gasteiger partial charge on any atom is -0.381 e. The van der Waals surface area contributed by atoms with Crippen molar-refractivity contribution >= 4 is 5.69 Å². The molecule has 0 spiro atoms. The molecule has 0 bridgehead atoms. The van der Waals surface area contributed by atoms with E-state index in [4.69, 9.17) is 0 Å². The average Bonchev–Trinajstić information content (AvgIpc) is 2.96. The summed E-state index contributed by atoms with van der Waals surface area (Å²) >= 11 is 0. The number of aryl methyl sites for hydroxylation is 1. The van der Waals surface area contributed by atoms with E-state index < -0.39 is 24.0 Å². The first kappa shape index (κ1) is 17.9. The Bertz CT molecular complexity index is 916. The van der Waals surface area contributed by atoms with Gasteiger partial charge in [0.2, 0.25) is 0 Å². The van der Waals surface area contributed by atoms with Gasteiger partial charge in [-0.25, -0.2) is 17.9 Å². The molecule has 3 aromatic rings. The number of rotatable bonds is 5. The van der Waals surface area contributed by atoms with Crippen molar-refractivity contribution in [3.05, 3.63) is 71.3 Å². The van der Waals surface area contributed by atoms with E-state index in [1.165, 1.54) is 25.1 Å². The molecule has 26 heavy (non-hydrogen) atoms. The van der Waals surface area contributed by atoms with Gasteiger partial charge in [-0.3, -0.25) is 0 Å². The Morgan fingerprint density at radius 1 is 1.00 bits per heavy atom. The second kappa shape index (κ2) is 7.15. The molecule has 3 rings (SSSR count). The molecular formula is C18H14F5N3. The van der Waals surface area contributed by atoms with E-state index in [2.05, 4.69) is 10.4 Å². The third-order valence-electron chi connectivity index (χ3n) is 3.91. The van der Waals surface area contributed by atoms with Crippen LogP contribution in [0.15, 0.2) is 42.6 Å². The van der Waals surface area contributed by atoms with Crippen LogP contribution in [0.5, 0.6) is 0 Å². The predicted octanol–water partition coefficient (Wildman–Crippen LogP) is 5.28. The minimum atomic E-state index is -2.82. The van der Waals surface area contributed by atoms with Crippen LogP contribution >= 0.6 is 0 Å². The number of halogens is 5. The van der Waals surface area contributed by atoms with E-state index in [9.17, 15) is 22.0 Å². The zero-order valence-corrected chi connectivity index (χ0v) is 13.6. The summed E-state index contributed by atoms with van der Waals surface area (Å²) in [6.07, 6.45) is 1.07. The van der Waals surface area contributed by atoms with E-state index in [1.54, 1.807) is 0 Å². The third kappa shape index (κ3) is 3.54. The first-order valence-electron chi connectivity index (χ1n) is 7.67. The molecule has 1 aromatic heterocycles. The highest BCUT2D eigenvalue weighted by molar-refractivity contribution is 5.68. The van der Waals surface area contributed by atoms with Gasteiger partial charge in [-0.15, -0.1) is 0 Å². The molecule has 0 fully saturated rings. The molecule has 0 saturated heterocycles. The van der Waals surface area contributed by atoms with E-state index in [0.29, 0.717) is 10.4 Å². The zero-order valence-electron chi connectivity index (χ0n) is 13.6. The Morgan fingerprint density at radius 2 is 1.69 bits per heavy atom. The van der Waals surface area contributed by atoms with Crippen LogP contribution in [-0.4, -0.2) is 9.78 Å². The lowest BCUT2D eigenvalue weighted by atomic mass is 10.1. The third-order valence-corrected chi connectivity index (χ3v) is 3.91. The number of hydrogen-bond acceptors (Lipinski definition) is 2. The van der Waals surface area contributed by atoms with Crippen LogP contribution in [0.2, 0.25) is 0 Å². The second-order valence-corrected chi connectivity index (χ2v) is 5.63. The van der Waals surface area contributed by atoms with Crippen molar-refractivity contribution in [1.82, 2.24) is 9.78 Å². The van der Waals surface area contributed by atoms with Gasteiger partial charge < -0.3 is 5.32 Å². The van der Waals surface area contributed by atoms with Crippen molar-refractivity contribution in [2.24, 2.45) is 0 Å². The van der Waals surface area contributed by atoms with Gasteiger partial charge in [-0.1, -0.05) is 6.07 Å². The fourth-order valence-electron chi connectivity index (χ4n) is 2.58. The van der Waals surface area contributed by atoms with Gasteiger partial charge in [0.25, 0.3) is 0 Å². The van der Waals surface area contributed by atoms with Gasteiger partial charge >= 0.3 is 6.55 Å². The van der Waals surface area contributed by atoms with Crippen molar-refractivity contribution < 1.29 is 22.0 Å². The fourth-order valence-corrected chi connectivity index (χ4v) is 2.58. The first-order chi connectivity index (χ1) is 12.4. The normalized spacial score (nSPS) is 11.2. The summed E-state index contributed by atoms with van der Waals surface area (Å²) in [5.74, 6) is -2.07. The van der Waals surface area contributed by atoms with Crippen molar-refractivity contribution in [2.45, 2.75) is 20.0 Å². The number of alkyl halides is 2. The summed E-state index contributed by atoms with van der Waals surface area (Å²) in [6, 6.07) is 7.55. The molecular weight excluding hydrogens is 353 g/mol. The average molecular weight is 367 g/mol. The fraction of sp³-hybridized carbons (Fsp3) is 0.167. The van der Waals surface area contributed by atoms with Crippen molar-refractivity contribution in [2.75, 3.05) is 5.32 Å². The summed E-state index contributed by atoms with van der Waals surface area (Å²) in [5, 5.41) is 6.39. The monoisotopic (exact) mass is 367 g/mol. The van der Waals surface area contributed by atoms with Gasteiger partial charge in [0.1, 0.15) is 17.5 Å². The quantitative estimate of drug-likeness (QED) is 0.622. The lowest BCUT2D eigenvalue weighted by Crippen LogP contribution is -2.05. The maximum atomic E-state index is 14.4. The Labute approximate surface area is 146 Å². The SMILES string of the molecule is Cc1nn(C(F)F)cc1-c1ccc(NCc2c(F)cccc2F)cc1F. The van der Waals surface area contributed by atoms with Crippen molar-refractivity contribution in [3.8, 4) is 11.1 Å². The molecule has 0 aliphatic heterocycles. The van der Waals surface area contributed by atoms with Crippen molar-refractivity contribution in [1.29, 1.82) is 0 Å². The van der Waals surface area contributed by atoms with Crippen LogP contribution in [0.4, 0.5) is 27.6 Å². The Kier molecular flexibility index (Phi) is 4.92. The number of aromatic nitrogens is 2. The molecule has 0 unspecified atom stereocenters. The van der Waals surface area contributed by atoms with Gasteiger partial charge in [-0.2, -0.15) is 13.9 Å². The molecule has 0 aliphatic rings. The second-order valence-electron chi connectivity index (χ2n) is 5.63. The van der Waals surface area contributed by atoms with Gasteiger partial charge in [-0.05, 0) is 37.3 Å². The molecule has 2 aromatic carbocycles. The van der Waals surface area contributed by atoms with Crippen LogP contribution in [0, 0.1) is 24.4 Å². The van der Waals surface area contributed by atoms with Gasteiger partial charge in [0.05, 0.1) is 5.69 Å². The topological polar surface area (TPSA) is 29.9 Å². The minimum absolute atomic E-state index is 0.108. The molecule has 0 amide bonds. The molecule has 3 nitrogen and oxygen atoms in total.